The number of nitrogens with zero attached hydrogens (tertiary/aromatic N) is 2. The van der Waals surface area contributed by atoms with E-state index in [1.54, 1.807) is 31.3 Å². The molecule has 2 aromatic rings. The molecule has 0 radical (unpaired) electrons. The highest BCUT2D eigenvalue weighted by atomic mass is 32.2. The SMILES string of the molecule is CN(C1CCCCC1)S(=O)(=O)c1ccc(NC(=O)CN2CCC(C(=O)c3ccccc3)CC2)cc1. The van der Waals surface area contributed by atoms with Gasteiger partial charge < -0.3 is 5.32 Å². The molecule has 1 saturated heterocycles. The van der Waals surface area contributed by atoms with Gasteiger partial charge in [0.25, 0.3) is 0 Å². The fourth-order valence-electron chi connectivity index (χ4n) is 5.11. The van der Waals surface area contributed by atoms with Crippen molar-refractivity contribution in [3.05, 3.63) is 60.2 Å². The zero-order valence-corrected chi connectivity index (χ0v) is 21.2. The van der Waals surface area contributed by atoms with Gasteiger partial charge in [-0.25, -0.2) is 8.42 Å². The summed E-state index contributed by atoms with van der Waals surface area (Å²) in [5, 5.41) is 2.86. The molecule has 0 spiro atoms. The van der Waals surface area contributed by atoms with Crippen LogP contribution in [0.5, 0.6) is 0 Å². The number of likely N-dealkylation sites (tertiary alicyclic amines) is 1. The van der Waals surface area contributed by atoms with Crippen molar-refractivity contribution in [2.45, 2.75) is 55.9 Å². The van der Waals surface area contributed by atoms with Crippen LogP contribution in [-0.2, 0) is 14.8 Å². The summed E-state index contributed by atoms with van der Waals surface area (Å²) in [7, 11) is -1.89. The van der Waals surface area contributed by atoms with Crippen molar-refractivity contribution < 1.29 is 18.0 Å². The topological polar surface area (TPSA) is 86.8 Å². The number of carbonyl (C=O) groups is 2. The van der Waals surface area contributed by atoms with Crippen molar-refractivity contribution in [3.8, 4) is 0 Å². The molecule has 2 aromatic carbocycles. The van der Waals surface area contributed by atoms with Crippen LogP contribution >= 0.6 is 0 Å². The van der Waals surface area contributed by atoms with E-state index in [-0.39, 0.29) is 35.1 Å². The number of nitrogens with one attached hydrogen (secondary N) is 1. The van der Waals surface area contributed by atoms with Gasteiger partial charge >= 0.3 is 0 Å². The zero-order valence-electron chi connectivity index (χ0n) is 20.4. The lowest BCUT2D eigenvalue weighted by atomic mass is 9.89. The van der Waals surface area contributed by atoms with Gasteiger partial charge in [0.15, 0.2) is 5.78 Å². The van der Waals surface area contributed by atoms with E-state index in [1.165, 1.54) is 10.7 Å². The van der Waals surface area contributed by atoms with E-state index in [2.05, 4.69) is 10.2 Å². The highest BCUT2D eigenvalue weighted by Gasteiger charge is 2.29. The molecule has 1 saturated carbocycles. The van der Waals surface area contributed by atoms with E-state index in [4.69, 9.17) is 0 Å². The number of hydrogen-bond donors (Lipinski definition) is 1. The van der Waals surface area contributed by atoms with Crippen molar-refractivity contribution in [3.63, 3.8) is 0 Å². The monoisotopic (exact) mass is 497 g/mol. The summed E-state index contributed by atoms with van der Waals surface area (Å²) in [5.41, 5.74) is 1.32. The third-order valence-corrected chi connectivity index (χ3v) is 9.21. The second-order valence-corrected chi connectivity index (χ2v) is 11.7. The average Bonchev–Trinajstić information content (AvgIpc) is 2.89. The number of anilines is 1. The number of amides is 1. The van der Waals surface area contributed by atoms with Crippen molar-refractivity contribution in [2.24, 2.45) is 5.92 Å². The van der Waals surface area contributed by atoms with E-state index in [0.717, 1.165) is 44.1 Å². The standard InChI is InChI=1S/C27H35N3O4S/c1-29(24-10-6-3-7-11-24)35(33,34)25-14-12-23(13-15-25)28-26(31)20-30-18-16-22(17-19-30)27(32)21-8-4-2-5-9-21/h2,4-5,8-9,12-15,22,24H,3,6-7,10-11,16-20H2,1H3,(H,28,31). The zero-order chi connectivity index (χ0) is 24.8. The van der Waals surface area contributed by atoms with Crippen molar-refractivity contribution in [2.75, 3.05) is 32.0 Å². The third-order valence-electron chi connectivity index (χ3n) is 7.29. The van der Waals surface area contributed by atoms with Gasteiger partial charge in [0.2, 0.25) is 15.9 Å². The van der Waals surface area contributed by atoms with E-state index in [9.17, 15) is 18.0 Å². The Labute approximate surface area is 208 Å². The lowest BCUT2D eigenvalue weighted by Crippen LogP contribution is -2.40. The van der Waals surface area contributed by atoms with Crippen LogP contribution < -0.4 is 5.32 Å². The third kappa shape index (κ3) is 6.37. The summed E-state index contributed by atoms with van der Waals surface area (Å²) in [6, 6.07) is 15.8. The van der Waals surface area contributed by atoms with Gasteiger partial charge in [0.05, 0.1) is 11.4 Å². The lowest BCUT2D eigenvalue weighted by molar-refractivity contribution is -0.117. The summed E-state index contributed by atoms with van der Waals surface area (Å²) in [6.07, 6.45) is 6.59. The molecular weight excluding hydrogens is 462 g/mol. The van der Waals surface area contributed by atoms with Gasteiger partial charge in [0.1, 0.15) is 0 Å². The molecule has 0 aromatic heterocycles. The number of benzene rings is 2. The van der Waals surface area contributed by atoms with E-state index in [1.807, 2.05) is 30.3 Å². The van der Waals surface area contributed by atoms with Gasteiger partial charge in [0, 0.05) is 30.3 Å². The summed E-state index contributed by atoms with van der Waals surface area (Å²) < 4.78 is 27.5. The average molecular weight is 498 g/mol. The number of piperidine rings is 1. The first-order chi connectivity index (χ1) is 16.8. The molecule has 1 N–H and O–H groups in total. The Morgan fingerprint density at radius 1 is 0.914 bits per heavy atom. The maximum absolute atomic E-state index is 13.0. The quantitative estimate of drug-likeness (QED) is 0.553. The molecule has 1 heterocycles. The first-order valence-electron chi connectivity index (χ1n) is 12.5. The van der Waals surface area contributed by atoms with Gasteiger partial charge in [-0.2, -0.15) is 4.31 Å². The van der Waals surface area contributed by atoms with Gasteiger partial charge in [-0.05, 0) is 63.0 Å². The Morgan fingerprint density at radius 2 is 1.54 bits per heavy atom. The number of ketones is 1. The molecule has 0 unspecified atom stereocenters. The second-order valence-electron chi connectivity index (χ2n) is 9.67. The van der Waals surface area contributed by atoms with Crippen LogP contribution in [0.3, 0.4) is 0 Å². The van der Waals surface area contributed by atoms with Gasteiger partial charge in [-0.15, -0.1) is 0 Å². The molecule has 35 heavy (non-hydrogen) atoms. The molecule has 188 valence electrons. The van der Waals surface area contributed by atoms with Crippen LogP contribution in [-0.4, -0.2) is 62.0 Å². The number of sulfonamides is 1. The van der Waals surface area contributed by atoms with Gasteiger partial charge in [-0.3, -0.25) is 14.5 Å². The number of carbonyl (C=O) groups excluding carboxylic acids is 2. The predicted molar refractivity (Wildman–Crippen MR) is 137 cm³/mol. The van der Waals surface area contributed by atoms with Crippen molar-refractivity contribution in [1.29, 1.82) is 0 Å². The van der Waals surface area contributed by atoms with Crippen LogP contribution in [0.1, 0.15) is 55.3 Å². The molecular formula is C27H35N3O4S. The Kier molecular flexibility index (Phi) is 8.36. The largest absolute Gasteiger partial charge is 0.325 e. The minimum atomic E-state index is -3.55. The maximum atomic E-state index is 13.0. The molecule has 4 rings (SSSR count). The molecule has 1 aliphatic carbocycles. The number of hydrogen-bond acceptors (Lipinski definition) is 5. The Bertz CT molecular complexity index is 1100. The summed E-state index contributed by atoms with van der Waals surface area (Å²) in [5.74, 6) is 0.0320. The maximum Gasteiger partial charge on any atom is 0.243 e. The van der Waals surface area contributed by atoms with Crippen LogP contribution in [0.4, 0.5) is 5.69 Å². The van der Waals surface area contributed by atoms with E-state index >= 15 is 0 Å². The van der Waals surface area contributed by atoms with Crippen molar-refractivity contribution in [1.82, 2.24) is 9.21 Å². The predicted octanol–water partition coefficient (Wildman–Crippen LogP) is 4.17. The summed E-state index contributed by atoms with van der Waals surface area (Å²) >= 11 is 0. The van der Waals surface area contributed by atoms with E-state index in [0.29, 0.717) is 18.8 Å². The highest BCUT2D eigenvalue weighted by Crippen LogP contribution is 2.27. The fraction of sp³-hybridized carbons (Fsp3) is 0.481. The minimum Gasteiger partial charge on any atom is -0.325 e. The van der Waals surface area contributed by atoms with Crippen LogP contribution in [0.2, 0.25) is 0 Å². The highest BCUT2D eigenvalue weighted by molar-refractivity contribution is 7.89. The molecule has 2 fully saturated rings. The normalized spacial score (nSPS) is 18.5. The molecule has 7 nitrogen and oxygen atoms in total. The van der Waals surface area contributed by atoms with E-state index < -0.39 is 10.0 Å². The van der Waals surface area contributed by atoms with Crippen LogP contribution in [0, 0.1) is 5.92 Å². The lowest BCUT2D eigenvalue weighted by Gasteiger charge is -2.31. The molecule has 2 aliphatic rings. The fourth-order valence-corrected chi connectivity index (χ4v) is 6.53. The smallest absolute Gasteiger partial charge is 0.243 e. The molecule has 1 aliphatic heterocycles. The minimum absolute atomic E-state index is 0.00190. The second kappa shape index (κ2) is 11.5. The number of rotatable bonds is 8. The summed E-state index contributed by atoms with van der Waals surface area (Å²) in [6.45, 7) is 1.64. The Morgan fingerprint density at radius 3 is 2.17 bits per heavy atom. The molecule has 0 atom stereocenters. The Balaban J connectivity index is 1.26. The first kappa shape index (κ1) is 25.5. The molecule has 0 bridgehead atoms. The Hall–Kier alpha value is -2.55. The van der Waals surface area contributed by atoms with Crippen LogP contribution in [0.15, 0.2) is 59.5 Å². The molecule has 8 heteroatoms. The molecule has 1 amide bonds. The number of Topliss-reactive ketones (excluding diaryl/α,β-unsaturated/α-hetero) is 1. The van der Waals surface area contributed by atoms with Gasteiger partial charge in [-0.1, -0.05) is 49.6 Å². The van der Waals surface area contributed by atoms with Crippen molar-refractivity contribution >= 4 is 27.4 Å². The van der Waals surface area contributed by atoms with Crippen LogP contribution in [0.25, 0.3) is 0 Å². The summed E-state index contributed by atoms with van der Waals surface area (Å²) in [4.78, 5) is 27.5. The first-order valence-corrected chi connectivity index (χ1v) is 14.0.